The predicted molar refractivity (Wildman–Crippen MR) is 423 cm³/mol. The number of guanidine groups is 3. The van der Waals surface area contributed by atoms with E-state index >= 15 is 0 Å². The van der Waals surface area contributed by atoms with Gasteiger partial charge in [0.1, 0.15) is 66.5 Å². The van der Waals surface area contributed by atoms with Crippen molar-refractivity contribution in [2.75, 3.05) is 39.3 Å². The molecule has 0 aliphatic carbocycles. The first-order chi connectivity index (χ1) is 54.8. The molecule has 0 saturated heterocycles. The van der Waals surface area contributed by atoms with E-state index in [4.69, 9.17) is 50.6 Å². The van der Waals surface area contributed by atoms with Gasteiger partial charge in [0.25, 0.3) is 0 Å². The van der Waals surface area contributed by atoms with Gasteiger partial charge in [-0.1, -0.05) is 78.3 Å². The molecule has 13 amide bonds. The second kappa shape index (κ2) is 54.0. The van der Waals surface area contributed by atoms with Crippen molar-refractivity contribution >= 4 is 107 Å². The van der Waals surface area contributed by atoms with Crippen LogP contribution >= 0.6 is 0 Å². The molecule has 1 aromatic carbocycles. The Balaban J connectivity index is 2.57. The number of unbranched alkanes of at least 4 members (excludes halogenated alkanes) is 1. The van der Waals surface area contributed by atoms with Crippen LogP contribution in [-0.2, 0) is 84.8 Å². The zero-order valence-electron chi connectivity index (χ0n) is 66.5. The van der Waals surface area contributed by atoms with Crippen molar-refractivity contribution in [1.82, 2.24) is 89.7 Å². The van der Waals surface area contributed by atoms with Crippen LogP contribution in [0.25, 0.3) is 0 Å². The third-order valence-electron chi connectivity index (χ3n) is 18.0. The predicted octanol–water partition coefficient (Wildman–Crippen LogP) is -6.76. The molecular weight excluding hydrogens is 1520 g/mol. The summed E-state index contributed by atoms with van der Waals surface area (Å²) < 4.78 is 0. The number of aromatic amines is 1. The highest BCUT2D eigenvalue weighted by Gasteiger charge is 2.38. The van der Waals surface area contributed by atoms with E-state index in [-0.39, 0.29) is 140 Å². The van der Waals surface area contributed by atoms with Gasteiger partial charge < -0.3 is 134 Å². The van der Waals surface area contributed by atoms with Crippen molar-refractivity contribution in [2.45, 2.75) is 230 Å². The van der Waals surface area contributed by atoms with Gasteiger partial charge >= 0.3 is 11.9 Å². The van der Waals surface area contributed by atoms with Crippen molar-refractivity contribution in [2.24, 2.45) is 52.2 Å². The minimum absolute atomic E-state index is 0.00730. The molecule has 0 aliphatic rings. The number of amides is 13. The second-order valence-electron chi connectivity index (χ2n) is 28.8. The van der Waals surface area contributed by atoms with Crippen LogP contribution < -0.4 is 114 Å². The smallest absolute Gasteiger partial charge is 0.326 e. The molecule has 13 atom stereocenters. The molecule has 648 valence electrons. The maximum absolute atomic E-state index is 14.9. The van der Waals surface area contributed by atoms with Crippen LogP contribution in [0.15, 0.2) is 42.9 Å². The maximum Gasteiger partial charge on any atom is 0.326 e. The van der Waals surface area contributed by atoms with Crippen molar-refractivity contribution in [1.29, 1.82) is 16.2 Å². The maximum atomic E-state index is 14.9. The lowest BCUT2D eigenvalue weighted by Gasteiger charge is -2.30. The van der Waals surface area contributed by atoms with Gasteiger partial charge in [0.05, 0.1) is 31.2 Å². The summed E-state index contributed by atoms with van der Waals surface area (Å²) in [4.78, 5) is 212. The van der Waals surface area contributed by atoms with E-state index in [1.165, 1.54) is 12.5 Å². The Labute approximate surface area is 672 Å². The quantitative estimate of drug-likeness (QED) is 0.0166. The number of imidazole rings is 1. The molecule has 0 fully saturated rings. The Kier molecular flexibility index (Phi) is 46.7. The molecule has 116 heavy (non-hydrogen) atoms. The van der Waals surface area contributed by atoms with Crippen LogP contribution in [0.4, 0.5) is 0 Å². The lowest BCUT2D eigenvalue weighted by Crippen LogP contribution is -2.62. The zero-order valence-corrected chi connectivity index (χ0v) is 66.5. The van der Waals surface area contributed by atoms with Crippen molar-refractivity contribution in [3.8, 4) is 0 Å². The third kappa shape index (κ3) is 40.8. The van der Waals surface area contributed by atoms with Crippen molar-refractivity contribution in [3.63, 3.8) is 0 Å². The lowest BCUT2D eigenvalue weighted by atomic mass is 9.96. The van der Waals surface area contributed by atoms with E-state index in [9.17, 15) is 87.2 Å². The molecule has 2 aromatic rings. The van der Waals surface area contributed by atoms with Crippen LogP contribution in [0, 0.1) is 34.0 Å². The Hall–Kier alpha value is -11.8. The molecule has 0 bridgehead atoms. The van der Waals surface area contributed by atoms with Crippen LogP contribution in [0.2, 0.25) is 0 Å². The first kappa shape index (κ1) is 100. The number of carboxylic acids is 2. The summed E-state index contributed by atoms with van der Waals surface area (Å²) in [6, 6.07) is -9.59. The normalized spacial score (nSPS) is 14.4. The van der Waals surface area contributed by atoms with E-state index < -0.39 is 205 Å². The number of hydrogen-bond acceptors (Lipinski definition) is 22. The Morgan fingerprint density at radius 2 is 0.871 bits per heavy atom. The highest BCUT2D eigenvalue weighted by atomic mass is 16.4. The van der Waals surface area contributed by atoms with Crippen molar-refractivity contribution < 1.29 is 87.2 Å². The number of benzene rings is 1. The van der Waals surface area contributed by atoms with Gasteiger partial charge in [0.2, 0.25) is 76.8 Å². The molecule has 1 heterocycles. The fraction of sp³-hybridized carbons (Fsp3) is 0.625. The average molecular weight is 1640 g/mol. The molecule has 0 radical (unpaired) electrons. The summed E-state index contributed by atoms with van der Waals surface area (Å²) >= 11 is 0. The Bertz CT molecular complexity index is 3570. The number of aliphatic hydroxyl groups is 1. The van der Waals surface area contributed by atoms with Gasteiger partial charge in [-0.2, -0.15) is 0 Å². The van der Waals surface area contributed by atoms with Gasteiger partial charge in [-0.3, -0.25) is 83.4 Å². The largest absolute Gasteiger partial charge is 0.481 e. The zero-order chi connectivity index (χ0) is 87.1. The molecule has 0 saturated carbocycles. The number of nitrogens with one attached hydrogen (secondary N) is 19. The van der Waals surface area contributed by atoms with Crippen LogP contribution in [0.3, 0.4) is 0 Å². The van der Waals surface area contributed by atoms with E-state index in [1.807, 2.05) is 0 Å². The fourth-order valence-electron chi connectivity index (χ4n) is 11.5. The second-order valence-corrected chi connectivity index (χ2v) is 28.8. The summed E-state index contributed by atoms with van der Waals surface area (Å²) in [5.74, 6) is -17.5. The highest BCUT2D eigenvalue weighted by molar-refractivity contribution is 6.00. The number of nitrogens with zero attached hydrogens (tertiary/aromatic N) is 1. The SMILES string of the molecule is CC[C@H](C)[C@H](NC(=O)[C@H](Cc1ccccc1)NC(=O)[C@H](CCCNC(=N)N)NC(=O)[C@H](CO)NC(=O)CNC(=O)[C@H](Cc1c[nH]cn1)NC(=O)[C@@H](N)CCC(N)=O)C(=O)N[C@@H](CCCNC(=N)N)C(=O)N[C@@H](CC(C)C)C(=O)N[C@@H](CCCCN)C(=O)N[C@@H](CC(C)C)C(=O)N[C@@H](CCC(=O)O)C(=O)N[C@@H](CCCNC(=N)N)C(=O)O. The van der Waals surface area contributed by atoms with Gasteiger partial charge in [0, 0.05) is 51.5 Å². The van der Waals surface area contributed by atoms with Gasteiger partial charge in [0.15, 0.2) is 17.9 Å². The topological polar surface area (TPSA) is 754 Å². The Morgan fingerprint density at radius 1 is 0.457 bits per heavy atom. The van der Waals surface area contributed by atoms with Crippen molar-refractivity contribution in [3.05, 3.63) is 54.1 Å². The molecule has 34 N–H and O–H groups in total. The standard InChI is InChI=1S/C72H122N26O18/c1-7-40(6)57(98-66(112)51(32-41-16-9-8-10-17-41)97-61(107)45(19-13-27-83-70(76)77)90-67(113)53(36-99)88-55(101)35-86-59(105)52(33-42-34-82-37-87-42)94-58(104)43(74)22-24-54(75)100)68(114)92-46(20-14-28-84-71(78)79)62(108)96-49(30-38(2)3)64(110)89-44(18-11-12-26-73)60(106)95-50(31-39(4)5)65(111)91-47(23-25-56(102)103)63(109)93-48(69(115)116)21-15-29-85-72(80)81/h8-10,16-17,34,37-40,43-53,57,99H,7,11-15,18-33,35-36,73-74H2,1-6H3,(H2,75,100)(H,82,87)(H,86,105)(H,88,101)(H,89,110)(H,90,113)(H,91,111)(H,92,114)(H,93,109)(H,94,104)(H,95,106)(H,96,108)(H,97,107)(H,98,112)(H,102,103)(H,115,116)(H4,76,77,83)(H4,78,79,84)(H4,80,81,85)/t40-,43-,44-,45-,46-,47-,48-,49-,50-,51-,52-,53-,57-/m0/s1. The molecular formula is C72H122N26O18. The van der Waals surface area contributed by atoms with E-state index in [0.717, 1.165) is 0 Å². The number of H-pyrrole nitrogens is 1. The van der Waals surface area contributed by atoms with Crippen LogP contribution in [0.5, 0.6) is 0 Å². The van der Waals surface area contributed by atoms with Gasteiger partial charge in [-0.15, -0.1) is 0 Å². The summed E-state index contributed by atoms with van der Waals surface area (Å²) in [6.07, 6.45) is 1.17. The summed E-state index contributed by atoms with van der Waals surface area (Å²) in [5.41, 5.74) is 34.2. The molecule has 44 heteroatoms. The van der Waals surface area contributed by atoms with Crippen LogP contribution in [0.1, 0.15) is 156 Å². The molecule has 44 nitrogen and oxygen atoms in total. The number of carbonyl (C=O) groups is 15. The number of carbonyl (C=O) groups excluding carboxylic acids is 13. The van der Waals surface area contributed by atoms with E-state index in [1.54, 1.807) is 71.9 Å². The third-order valence-corrected chi connectivity index (χ3v) is 18.0. The fourth-order valence-corrected chi connectivity index (χ4v) is 11.5. The molecule has 0 unspecified atom stereocenters. The Morgan fingerprint density at radius 3 is 1.30 bits per heavy atom. The number of nitrogens with two attached hydrogens (primary N) is 6. The molecule has 0 spiro atoms. The number of carboxylic acid groups (broad SMARTS) is 2. The molecule has 1 aromatic heterocycles. The first-order valence-corrected chi connectivity index (χ1v) is 38.4. The molecule has 2 rings (SSSR count). The number of aliphatic hydroxyl groups excluding tert-OH is 1. The summed E-state index contributed by atoms with van der Waals surface area (Å²) in [6.45, 7) is 8.65. The van der Waals surface area contributed by atoms with Crippen LogP contribution in [-0.4, -0.2) is 244 Å². The number of aromatic nitrogens is 2. The van der Waals surface area contributed by atoms with Gasteiger partial charge in [-0.25, -0.2) is 9.78 Å². The minimum atomic E-state index is -1.78. The van der Waals surface area contributed by atoms with E-state index in [2.05, 4.69) is 89.7 Å². The first-order valence-electron chi connectivity index (χ1n) is 38.4. The summed E-state index contributed by atoms with van der Waals surface area (Å²) in [7, 11) is 0. The number of rotatable bonds is 58. The highest BCUT2D eigenvalue weighted by Crippen LogP contribution is 2.16. The number of aliphatic carboxylic acids is 2. The number of primary amides is 1. The lowest BCUT2D eigenvalue weighted by molar-refractivity contribution is -0.143. The molecule has 0 aliphatic heterocycles. The summed E-state index contributed by atoms with van der Waals surface area (Å²) in [5, 5.41) is 90.9. The monoisotopic (exact) mass is 1640 g/mol. The number of hydrogen-bond donors (Lipinski definition) is 28. The van der Waals surface area contributed by atoms with E-state index in [0.29, 0.717) is 17.7 Å². The minimum Gasteiger partial charge on any atom is -0.481 e. The van der Waals surface area contributed by atoms with Gasteiger partial charge in [-0.05, 0) is 113 Å². The average Bonchev–Trinajstić information content (AvgIpc) is 1.03.